The van der Waals surface area contributed by atoms with Crippen molar-refractivity contribution >= 4 is 29.2 Å². The van der Waals surface area contributed by atoms with Crippen molar-refractivity contribution in [1.82, 2.24) is 20.4 Å². The lowest BCUT2D eigenvalue weighted by atomic mass is 9.87. The third-order valence-corrected chi connectivity index (χ3v) is 12.0. The van der Waals surface area contributed by atoms with Gasteiger partial charge in [-0.25, -0.2) is 0 Å². The third kappa shape index (κ3) is 16.2. The number of amides is 2. The zero-order valence-electron chi connectivity index (χ0n) is 35.9. The Hall–Kier alpha value is -3.69. The predicted octanol–water partition coefficient (Wildman–Crippen LogP) is 7.25. The first-order valence-corrected chi connectivity index (χ1v) is 21.9. The number of aryl methyl sites for hydroxylation is 1. The molecule has 2 aromatic rings. The molecule has 2 fully saturated rings. The van der Waals surface area contributed by atoms with Crippen LogP contribution in [0, 0.1) is 29.1 Å². The fourth-order valence-electron chi connectivity index (χ4n) is 8.01. The van der Waals surface area contributed by atoms with Gasteiger partial charge in [0.2, 0.25) is 11.8 Å². The molecule has 0 spiro atoms. The van der Waals surface area contributed by atoms with Crippen LogP contribution in [0.2, 0.25) is 0 Å². The summed E-state index contributed by atoms with van der Waals surface area (Å²) in [7, 11) is 2.16. The normalized spacial score (nSPS) is 17.8. The highest BCUT2D eigenvalue weighted by Gasteiger charge is 2.48. The number of likely N-dealkylation sites (N-methyl/N-ethyl adjacent to an activating group) is 1. The van der Waals surface area contributed by atoms with Gasteiger partial charge in [-0.2, -0.15) is 0 Å². The molecule has 2 aliphatic rings. The molecule has 314 valence electrons. The Labute approximate surface area is 343 Å². The number of unbranched alkanes of at least 4 members (excludes halogenated alkanes) is 2. The van der Waals surface area contributed by atoms with Gasteiger partial charge in [-0.05, 0) is 94.3 Å². The first kappa shape index (κ1) is 46.0. The van der Waals surface area contributed by atoms with Gasteiger partial charge in [0.05, 0.1) is 12.1 Å². The second kappa shape index (κ2) is 23.0. The Morgan fingerprint density at radius 1 is 0.684 bits per heavy atom. The zero-order chi connectivity index (χ0) is 41.4. The van der Waals surface area contributed by atoms with Crippen molar-refractivity contribution < 1.29 is 24.0 Å². The minimum Gasteiger partial charge on any atom is -0.346 e. The lowest BCUT2D eigenvalue weighted by molar-refractivity contribution is -0.135. The average molecular weight is 785 g/mol. The van der Waals surface area contributed by atoms with Crippen LogP contribution >= 0.6 is 0 Å². The minimum atomic E-state index is -0.800. The van der Waals surface area contributed by atoms with E-state index < -0.39 is 29.3 Å². The van der Waals surface area contributed by atoms with Crippen molar-refractivity contribution in [2.75, 3.05) is 39.8 Å². The highest BCUT2D eigenvalue weighted by molar-refractivity contribution is 5.97. The van der Waals surface area contributed by atoms with Gasteiger partial charge in [-0.3, -0.25) is 24.0 Å². The van der Waals surface area contributed by atoms with E-state index in [1.54, 1.807) is 0 Å². The first-order chi connectivity index (χ1) is 27.2. The fourth-order valence-corrected chi connectivity index (χ4v) is 8.01. The van der Waals surface area contributed by atoms with Crippen molar-refractivity contribution in [3.05, 3.63) is 71.8 Å². The molecule has 57 heavy (non-hydrogen) atoms. The van der Waals surface area contributed by atoms with Crippen LogP contribution in [0.1, 0.15) is 116 Å². The monoisotopic (exact) mass is 785 g/mol. The van der Waals surface area contributed by atoms with Crippen LogP contribution in [0.4, 0.5) is 0 Å². The number of rotatable bonds is 26. The molecule has 9 heteroatoms. The summed E-state index contributed by atoms with van der Waals surface area (Å²) in [5.41, 5.74) is 1.63. The summed E-state index contributed by atoms with van der Waals surface area (Å²) >= 11 is 0. The Kier molecular flexibility index (Phi) is 18.6. The molecule has 2 aromatic carbocycles. The molecule has 2 unspecified atom stereocenters. The molecule has 4 rings (SSSR count). The Morgan fingerprint density at radius 2 is 1.25 bits per heavy atom. The van der Waals surface area contributed by atoms with E-state index in [2.05, 4.69) is 27.5 Å². The van der Waals surface area contributed by atoms with E-state index in [0.29, 0.717) is 38.5 Å². The Balaban J connectivity index is 1.44. The summed E-state index contributed by atoms with van der Waals surface area (Å²) in [6.45, 7) is 15.5. The van der Waals surface area contributed by atoms with Gasteiger partial charge in [-0.15, -0.1) is 0 Å². The van der Waals surface area contributed by atoms with Crippen molar-refractivity contribution in [1.29, 1.82) is 0 Å². The molecule has 2 N–H and O–H groups in total. The molecule has 0 aromatic heterocycles. The maximum absolute atomic E-state index is 14.3. The lowest BCUT2D eigenvalue weighted by Gasteiger charge is -2.32. The molecule has 1 heterocycles. The van der Waals surface area contributed by atoms with Gasteiger partial charge in [0, 0.05) is 62.7 Å². The number of ketones is 3. The van der Waals surface area contributed by atoms with Crippen LogP contribution in [0.25, 0.3) is 0 Å². The standard InChI is InChI=1S/C48H72N4O5/c1-35(2)30-42(44(54)34-40(32-38-18-12-8-13-19-38)47(57)50-43(31-36(3)4)45(55)48(5)23-24-48)49-46(56)39(22-21-37-16-10-7-11-17-37)33-41(53)20-14-9-15-25-52-28-26-51(6)27-29-52/h7-8,10-13,16-19,35-36,39-40,42-43H,9,14-15,20-34H2,1-6H3,(H,49,56)(H,50,57)/t39-,40-,42?,43?/m1/s1. The van der Waals surface area contributed by atoms with E-state index in [1.807, 2.05) is 95.3 Å². The molecule has 0 bridgehead atoms. The maximum Gasteiger partial charge on any atom is 0.224 e. The number of nitrogens with zero attached hydrogens (tertiary/aromatic N) is 2. The van der Waals surface area contributed by atoms with Crippen LogP contribution in [0.5, 0.6) is 0 Å². The fraction of sp³-hybridized carbons (Fsp3) is 0.646. The van der Waals surface area contributed by atoms with Crippen molar-refractivity contribution in [2.24, 2.45) is 29.1 Å². The van der Waals surface area contributed by atoms with Crippen LogP contribution < -0.4 is 10.6 Å². The van der Waals surface area contributed by atoms with E-state index in [0.717, 1.165) is 76.0 Å². The van der Waals surface area contributed by atoms with E-state index in [4.69, 9.17) is 0 Å². The maximum atomic E-state index is 14.3. The van der Waals surface area contributed by atoms with E-state index in [1.165, 1.54) is 0 Å². The Morgan fingerprint density at radius 3 is 1.84 bits per heavy atom. The lowest BCUT2D eigenvalue weighted by Crippen LogP contribution is -2.49. The summed E-state index contributed by atoms with van der Waals surface area (Å²) in [5, 5.41) is 6.18. The molecule has 1 saturated heterocycles. The zero-order valence-corrected chi connectivity index (χ0v) is 35.9. The number of hydrogen-bond acceptors (Lipinski definition) is 7. The molecule has 1 saturated carbocycles. The van der Waals surface area contributed by atoms with Crippen LogP contribution in [-0.2, 0) is 36.8 Å². The summed E-state index contributed by atoms with van der Waals surface area (Å²) in [6, 6.07) is 18.2. The van der Waals surface area contributed by atoms with E-state index in [9.17, 15) is 24.0 Å². The van der Waals surface area contributed by atoms with Crippen molar-refractivity contribution in [3.8, 4) is 0 Å². The summed E-state index contributed by atoms with van der Waals surface area (Å²) in [6.07, 6.45) is 7.46. The first-order valence-electron chi connectivity index (χ1n) is 21.9. The number of carbonyl (C=O) groups is 5. The van der Waals surface area contributed by atoms with Gasteiger partial charge < -0.3 is 20.4 Å². The predicted molar refractivity (Wildman–Crippen MR) is 229 cm³/mol. The molecule has 1 aliphatic carbocycles. The number of benzene rings is 2. The van der Waals surface area contributed by atoms with Crippen molar-refractivity contribution in [3.63, 3.8) is 0 Å². The molecule has 4 atom stereocenters. The van der Waals surface area contributed by atoms with Crippen LogP contribution in [-0.4, -0.2) is 90.8 Å². The number of hydrogen-bond donors (Lipinski definition) is 2. The molecule has 0 radical (unpaired) electrons. The molecule has 2 amide bonds. The van der Waals surface area contributed by atoms with E-state index >= 15 is 0 Å². The van der Waals surface area contributed by atoms with Crippen molar-refractivity contribution in [2.45, 2.75) is 130 Å². The average Bonchev–Trinajstić information content (AvgIpc) is 3.94. The number of nitrogens with one attached hydrogen (secondary N) is 2. The highest BCUT2D eigenvalue weighted by Crippen LogP contribution is 2.47. The van der Waals surface area contributed by atoms with Gasteiger partial charge >= 0.3 is 0 Å². The van der Waals surface area contributed by atoms with Crippen LogP contribution in [0.15, 0.2) is 60.7 Å². The molecular weight excluding hydrogens is 713 g/mol. The van der Waals surface area contributed by atoms with Gasteiger partial charge in [0.1, 0.15) is 5.78 Å². The smallest absolute Gasteiger partial charge is 0.224 e. The Bertz CT molecular complexity index is 1570. The molecular formula is C48H72N4O5. The highest BCUT2D eigenvalue weighted by atomic mass is 16.2. The second-order valence-corrected chi connectivity index (χ2v) is 18.3. The van der Waals surface area contributed by atoms with Crippen LogP contribution in [0.3, 0.4) is 0 Å². The van der Waals surface area contributed by atoms with Gasteiger partial charge in [0.25, 0.3) is 0 Å². The molecule has 1 aliphatic heterocycles. The third-order valence-electron chi connectivity index (χ3n) is 12.0. The second-order valence-electron chi connectivity index (χ2n) is 18.3. The van der Waals surface area contributed by atoms with Gasteiger partial charge in [0.15, 0.2) is 11.6 Å². The summed E-state index contributed by atoms with van der Waals surface area (Å²) in [5.74, 6) is -1.62. The summed E-state index contributed by atoms with van der Waals surface area (Å²) in [4.78, 5) is 74.4. The number of Topliss-reactive ketones (excluding diaryl/α,β-unsaturated/α-hetero) is 3. The van der Waals surface area contributed by atoms with E-state index in [-0.39, 0.29) is 53.8 Å². The topological polar surface area (TPSA) is 116 Å². The largest absolute Gasteiger partial charge is 0.346 e. The quantitative estimate of drug-likeness (QED) is 0.0967. The number of carbonyl (C=O) groups excluding carboxylic acids is 5. The SMILES string of the molecule is CC(C)CC(NC(=O)[C@H](CCc1ccccc1)CC(=O)CCCCCN1CCN(C)CC1)C(=O)C[C@@H](Cc1ccccc1)C(=O)NC(CC(C)C)C(=O)C1(C)CC1. The summed E-state index contributed by atoms with van der Waals surface area (Å²) < 4.78 is 0. The number of piperazine rings is 1. The van der Waals surface area contributed by atoms with Gasteiger partial charge in [-0.1, -0.05) is 102 Å². The molecule has 9 nitrogen and oxygen atoms in total. The minimum absolute atomic E-state index is 0.0695.